The van der Waals surface area contributed by atoms with Crippen LogP contribution in [-0.4, -0.2) is 11.3 Å². The molecule has 86 valence electrons. The highest BCUT2D eigenvalue weighted by Crippen LogP contribution is 2.27. The van der Waals surface area contributed by atoms with Gasteiger partial charge in [-0.15, -0.1) is 13.2 Å². The molecule has 0 saturated carbocycles. The third-order valence-electron chi connectivity index (χ3n) is 1.46. The highest BCUT2D eigenvalue weighted by molar-refractivity contribution is 5.42. The van der Waals surface area contributed by atoms with Crippen molar-refractivity contribution in [3.63, 3.8) is 0 Å². The van der Waals surface area contributed by atoms with Crippen LogP contribution in [0, 0.1) is 11.3 Å². The van der Waals surface area contributed by atoms with Gasteiger partial charge in [0.25, 0.3) is 6.43 Å². The summed E-state index contributed by atoms with van der Waals surface area (Å²) >= 11 is 0. The van der Waals surface area contributed by atoms with Crippen LogP contribution in [0.5, 0.6) is 5.75 Å². The number of alkyl halides is 5. The van der Waals surface area contributed by atoms with Crippen molar-refractivity contribution in [1.29, 1.82) is 5.26 Å². The lowest BCUT2D eigenvalue weighted by Crippen LogP contribution is -2.18. The molecule has 1 heterocycles. The van der Waals surface area contributed by atoms with Crippen LogP contribution in [0.25, 0.3) is 0 Å². The predicted molar refractivity (Wildman–Crippen MR) is 40.6 cm³/mol. The Bertz CT molecular complexity index is 423. The molecule has 3 nitrogen and oxygen atoms in total. The average molecular weight is 238 g/mol. The van der Waals surface area contributed by atoms with Crippen molar-refractivity contribution >= 4 is 0 Å². The fraction of sp³-hybridized carbons (Fsp3) is 0.250. The topological polar surface area (TPSA) is 45.9 Å². The van der Waals surface area contributed by atoms with Crippen molar-refractivity contribution in [2.75, 3.05) is 0 Å². The summed E-state index contributed by atoms with van der Waals surface area (Å²) in [6.45, 7) is 0. The highest BCUT2D eigenvalue weighted by Gasteiger charge is 2.32. The monoisotopic (exact) mass is 238 g/mol. The van der Waals surface area contributed by atoms with Crippen LogP contribution in [0.4, 0.5) is 22.0 Å². The maximum atomic E-state index is 12.1. The molecular formula is C8H3F5N2O. The van der Waals surface area contributed by atoms with E-state index in [0.29, 0.717) is 12.3 Å². The number of hydrogen-bond acceptors (Lipinski definition) is 3. The van der Waals surface area contributed by atoms with Gasteiger partial charge in [-0.25, -0.2) is 8.78 Å². The van der Waals surface area contributed by atoms with Crippen LogP contribution < -0.4 is 4.74 Å². The van der Waals surface area contributed by atoms with Crippen LogP contribution in [0.1, 0.15) is 17.7 Å². The maximum Gasteiger partial charge on any atom is 0.573 e. The minimum atomic E-state index is -5.00. The third kappa shape index (κ3) is 3.05. The first-order valence-electron chi connectivity index (χ1n) is 3.77. The summed E-state index contributed by atoms with van der Waals surface area (Å²) in [6, 6.07) is 1.86. The molecule has 0 spiro atoms. The molecule has 0 amide bonds. The molecule has 0 radical (unpaired) electrons. The molecule has 0 saturated heterocycles. The van der Waals surface area contributed by atoms with Crippen molar-refractivity contribution in [3.8, 4) is 11.8 Å². The Morgan fingerprint density at radius 1 is 1.38 bits per heavy atom. The summed E-state index contributed by atoms with van der Waals surface area (Å²) in [7, 11) is 0. The Kier molecular flexibility index (Phi) is 3.27. The molecule has 0 unspecified atom stereocenters. The Morgan fingerprint density at radius 2 is 2.00 bits per heavy atom. The number of nitrogens with zero attached hydrogens (tertiary/aromatic N) is 2. The molecule has 16 heavy (non-hydrogen) atoms. The van der Waals surface area contributed by atoms with Crippen LogP contribution >= 0.6 is 0 Å². The van der Waals surface area contributed by atoms with Gasteiger partial charge in [-0.1, -0.05) is 0 Å². The number of ether oxygens (including phenoxy) is 1. The molecule has 8 heteroatoms. The molecule has 0 atom stereocenters. The van der Waals surface area contributed by atoms with Crippen molar-refractivity contribution < 1.29 is 26.7 Å². The summed E-state index contributed by atoms with van der Waals surface area (Å²) in [4.78, 5) is 3.04. The molecular weight excluding hydrogens is 235 g/mol. The average Bonchev–Trinajstić information content (AvgIpc) is 2.15. The van der Waals surface area contributed by atoms with E-state index in [1.165, 1.54) is 6.07 Å². The highest BCUT2D eigenvalue weighted by atomic mass is 19.4. The van der Waals surface area contributed by atoms with Gasteiger partial charge in [-0.05, 0) is 6.07 Å². The van der Waals surface area contributed by atoms with E-state index in [0.717, 1.165) is 0 Å². The van der Waals surface area contributed by atoms with Gasteiger partial charge in [-0.3, -0.25) is 4.98 Å². The van der Waals surface area contributed by atoms with E-state index >= 15 is 0 Å². The minimum absolute atomic E-state index is 0.438. The first-order chi connectivity index (χ1) is 7.33. The second-order valence-corrected chi connectivity index (χ2v) is 2.57. The number of halogens is 5. The summed E-state index contributed by atoms with van der Waals surface area (Å²) in [5.74, 6) is -0.903. The lowest BCUT2D eigenvalue weighted by atomic mass is 10.2. The third-order valence-corrected chi connectivity index (χ3v) is 1.46. The van der Waals surface area contributed by atoms with Gasteiger partial charge >= 0.3 is 6.36 Å². The molecule has 0 aliphatic rings. The largest absolute Gasteiger partial charge is 0.573 e. The normalized spacial score (nSPS) is 11.3. The number of rotatable bonds is 2. The number of aromatic nitrogens is 1. The molecule has 1 aromatic heterocycles. The SMILES string of the molecule is N#Cc1cc(C(F)F)ncc1OC(F)(F)F. The summed E-state index contributed by atoms with van der Waals surface area (Å²) in [5, 5.41) is 8.45. The van der Waals surface area contributed by atoms with Crippen molar-refractivity contribution in [1.82, 2.24) is 4.98 Å². The number of nitriles is 1. The lowest BCUT2D eigenvalue weighted by molar-refractivity contribution is -0.274. The van der Waals surface area contributed by atoms with Crippen molar-refractivity contribution in [2.45, 2.75) is 12.8 Å². The van der Waals surface area contributed by atoms with Crippen molar-refractivity contribution in [2.24, 2.45) is 0 Å². The predicted octanol–water partition coefficient (Wildman–Crippen LogP) is 2.79. The molecule has 0 N–H and O–H groups in total. The molecule has 1 rings (SSSR count). The van der Waals surface area contributed by atoms with Crippen LogP contribution in [-0.2, 0) is 0 Å². The van der Waals surface area contributed by atoms with Crippen LogP contribution in [0.3, 0.4) is 0 Å². The van der Waals surface area contributed by atoms with Gasteiger partial charge in [-0.2, -0.15) is 5.26 Å². The van der Waals surface area contributed by atoms with Gasteiger partial charge < -0.3 is 4.74 Å². The van der Waals surface area contributed by atoms with E-state index in [1.807, 2.05) is 0 Å². The number of pyridine rings is 1. The van der Waals surface area contributed by atoms with Gasteiger partial charge in [0.15, 0.2) is 5.75 Å². The molecule has 0 fully saturated rings. The van der Waals surface area contributed by atoms with Gasteiger partial charge in [0.05, 0.1) is 11.8 Å². The van der Waals surface area contributed by atoms with E-state index < -0.39 is 29.8 Å². The van der Waals surface area contributed by atoms with Gasteiger partial charge in [0.2, 0.25) is 0 Å². The summed E-state index contributed by atoms with van der Waals surface area (Å²) < 4.78 is 63.1. The molecule has 1 aromatic rings. The molecule has 0 aliphatic heterocycles. The maximum absolute atomic E-state index is 12.1. The van der Waals surface area contributed by atoms with Gasteiger partial charge in [0, 0.05) is 0 Å². The van der Waals surface area contributed by atoms with E-state index in [1.54, 1.807) is 0 Å². The zero-order valence-corrected chi connectivity index (χ0v) is 7.42. The van der Waals surface area contributed by atoms with Crippen LogP contribution in [0.2, 0.25) is 0 Å². The standard InChI is InChI=1S/C8H3F5N2O/c9-7(10)5-1-4(2-14)6(3-15-5)16-8(11,12)13/h1,3,7H. The fourth-order valence-corrected chi connectivity index (χ4v) is 0.872. The Morgan fingerprint density at radius 3 is 2.44 bits per heavy atom. The molecule has 0 aliphatic carbocycles. The smallest absolute Gasteiger partial charge is 0.403 e. The quantitative estimate of drug-likeness (QED) is 0.744. The minimum Gasteiger partial charge on any atom is -0.403 e. The Hall–Kier alpha value is -1.91. The molecule has 0 bridgehead atoms. The van der Waals surface area contributed by atoms with Crippen LogP contribution in [0.15, 0.2) is 12.3 Å². The first-order valence-corrected chi connectivity index (χ1v) is 3.77. The summed E-state index contributed by atoms with van der Waals surface area (Å²) in [5.41, 5.74) is -1.44. The number of hydrogen-bond donors (Lipinski definition) is 0. The van der Waals surface area contributed by atoms with Gasteiger partial charge in [0.1, 0.15) is 11.8 Å². The zero-order chi connectivity index (χ0) is 12.3. The zero-order valence-electron chi connectivity index (χ0n) is 7.42. The molecule has 0 aromatic carbocycles. The van der Waals surface area contributed by atoms with E-state index in [-0.39, 0.29) is 0 Å². The van der Waals surface area contributed by atoms with E-state index in [4.69, 9.17) is 5.26 Å². The lowest BCUT2D eigenvalue weighted by Gasteiger charge is -2.10. The summed E-state index contributed by atoms with van der Waals surface area (Å²) in [6.07, 6.45) is -7.53. The Balaban J connectivity index is 3.09. The second kappa shape index (κ2) is 4.30. The first kappa shape index (κ1) is 12.2. The Labute approximate surface area is 86.1 Å². The fourth-order valence-electron chi connectivity index (χ4n) is 0.872. The second-order valence-electron chi connectivity index (χ2n) is 2.57. The van der Waals surface area contributed by atoms with E-state index in [2.05, 4.69) is 9.72 Å². The van der Waals surface area contributed by atoms with Crippen molar-refractivity contribution in [3.05, 3.63) is 23.5 Å². The van der Waals surface area contributed by atoms with E-state index in [9.17, 15) is 22.0 Å².